The Hall–Kier alpha value is -5.05. The number of hydrogen-bond acceptors (Lipinski definition) is 11. The van der Waals surface area contributed by atoms with E-state index >= 15 is 0 Å². The number of imidazole rings is 1. The van der Waals surface area contributed by atoms with Crippen molar-refractivity contribution in [2.24, 2.45) is 0 Å². The first kappa shape index (κ1) is 20.3. The van der Waals surface area contributed by atoms with Crippen LogP contribution in [0.1, 0.15) is 27.9 Å². The molecule has 0 aromatic carbocycles. The van der Waals surface area contributed by atoms with Gasteiger partial charge >= 0.3 is 0 Å². The molecular weight excluding hydrogens is 482 g/mol. The zero-order valence-electron chi connectivity index (χ0n) is 18.2. The molecule has 36 heavy (non-hydrogen) atoms. The van der Waals surface area contributed by atoms with E-state index in [1.54, 1.807) is 37.2 Å². The van der Waals surface area contributed by atoms with Crippen LogP contribution in [0.15, 0.2) is 73.4 Å². The SMILES string of the molecule is c1c[nH]c(C2(c3ncn[nH]3)OC(c3ccnnn3)=C(c3nccs3)C2(c2cn[nH]n2)n2ccnc2)c1. The van der Waals surface area contributed by atoms with Crippen molar-refractivity contribution in [1.29, 1.82) is 0 Å². The van der Waals surface area contributed by atoms with Crippen LogP contribution in [0.25, 0.3) is 11.3 Å². The maximum atomic E-state index is 7.04. The predicted octanol–water partition coefficient (Wildman–Crippen LogP) is 1.37. The van der Waals surface area contributed by atoms with Crippen molar-refractivity contribution in [3.63, 3.8) is 0 Å². The monoisotopic (exact) mass is 497 g/mol. The molecule has 0 radical (unpaired) electrons. The Bertz CT molecular complexity index is 1520. The highest BCUT2D eigenvalue weighted by Gasteiger charge is 2.70. The number of nitrogens with zero attached hydrogens (tertiary/aromatic N) is 10. The Kier molecular flexibility index (Phi) is 4.37. The van der Waals surface area contributed by atoms with E-state index in [1.165, 1.54) is 17.7 Å². The Morgan fingerprint density at radius 3 is 2.75 bits per heavy atom. The predicted molar refractivity (Wildman–Crippen MR) is 123 cm³/mol. The van der Waals surface area contributed by atoms with Crippen molar-refractivity contribution in [1.82, 2.24) is 65.5 Å². The van der Waals surface area contributed by atoms with E-state index in [4.69, 9.17) is 4.74 Å². The molecule has 2 atom stereocenters. The van der Waals surface area contributed by atoms with Crippen LogP contribution in [0.3, 0.4) is 0 Å². The molecule has 14 nitrogen and oxygen atoms in total. The van der Waals surface area contributed by atoms with Crippen molar-refractivity contribution >= 4 is 22.7 Å². The van der Waals surface area contributed by atoms with Crippen LogP contribution >= 0.6 is 11.3 Å². The summed E-state index contributed by atoms with van der Waals surface area (Å²) >= 11 is 1.45. The lowest BCUT2D eigenvalue weighted by Gasteiger charge is -2.43. The number of aromatic amines is 3. The fourth-order valence-corrected chi connectivity index (χ4v) is 5.60. The van der Waals surface area contributed by atoms with Crippen LogP contribution in [-0.4, -0.2) is 65.5 Å². The van der Waals surface area contributed by atoms with Gasteiger partial charge in [0.15, 0.2) is 17.1 Å². The zero-order valence-corrected chi connectivity index (χ0v) is 19.0. The van der Waals surface area contributed by atoms with Gasteiger partial charge in [0.05, 0.1) is 30.0 Å². The number of ether oxygens (including phenoxy) is 1. The van der Waals surface area contributed by atoms with Crippen molar-refractivity contribution in [2.45, 2.75) is 11.1 Å². The minimum absolute atomic E-state index is 0.410. The first-order valence-electron chi connectivity index (χ1n) is 10.7. The molecule has 1 aliphatic heterocycles. The summed E-state index contributed by atoms with van der Waals surface area (Å²) in [4.78, 5) is 17.0. The summed E-state index contributed by atoms with van der Waals surface area (Å²) in [7, 11) is 0. The molecule has 7 rings (SSSR count). The molecule has 0 amide bonds. The second-order valence-electron chi connectivity index (χ2n) is 7.78. The molecule has 0 fully saturated rings. The van der Waals surface area contributed by atoms with Crippen molar-refractivity contribution in [3.8, 4) is 0 Å². The average molecular weight is 498 g/mol. The van der Waals surface area contributed by atoms with E-state index in [0.29, 0.717) is 39.2 Å². The molecule has 0 aliphatic carbocycles. The quantitative estimate of drug-likeness (QED) is 0.304. The van der Waals surface area contributed by atoms with Crippen LogP contribution in [0.2, 0.25) is 0 Å². The van der Waals surface area contributed by atoms with Gasteiger partial charge in [0.25, 0.3) is 0 Å². The Labute approximate surface area is 205 Å². The first-order chi connectivity index (χ1) is 17.9. The molecule has 15 heteroatoms. The number of H-pyrrole nitrogens is 3. The summed E-state index contributed by atoms with van der Waals surface area (Å²) in [6.07, 6.45) is 13.4. The first-order valence-corrected chi connectivity index (χ1v) is 11.6. The lowest BCUT2D eigenvalue weighted by Crippen LogP contribution is -2.54. The summed E-state index contributed by atoms with van der Waals surface area (Å²) < 4.78 is 8.95. The van der Waals surface area contributed by atoms with Crippen LogP contribution < -0.4 is 0 Å². The third kappa shape index (κ3) is 2.56. The normalized spacial score (nSPS) is 21.7. The van der Waals surface area contributed by atoms with E-state index in [9.17, 15) is 0 Å². The van der Waals surface area contributed by atoms with Gasteiger partial charge in [-0.15, -0.1) is 21.5 Å². The van der Waals surface area contributed by atoms with Crippen LogP contribution in [-0.2, 0) is 15.9 Å². The minimum Gasteiger partial charge on any atom is -0.467 e. The molecule has 0 saturated heterocycles. The Balaban J connectivity index is 1.71. The molecule has 0 saturated carbocycles. The van der Waals surface area contributed by atoms with Crippen LogP contribution in [0, 0.1) is 0 Å². The molecular formula is C21H15N13OS. The molecule has 6 aromatic heterocycles. The van der Waals surface area contributed by atoms with Crippen molar-refractivity contribution in [3.05, 3.63) is 101 Å². The lowest BCUT2D eigenvalue weighted by molar-refractivity contribution is 0.0140. The van der Waals surface area contributed by atoms with E-state index < -0.39 is 11.1 Å². The Morgan fingerprint density at radius 2 is 2.08 bits per heavy atom. The summed E-state index contributed by atoms with van der Waals surface area (Å²) in [5.41, 5.74) is -0.381. The third-order valence-electron chi connectivity index (χ3n) is 6.14. The van der Waals surface area contributed by atoms with Crippen LogP contribution in [0.5, 0.6) is 0 Å². The fraction of sp³-hybridized carbons (Fsp3) is 0.0952. The second-order valence-corrected chi connectivity index (χ2v) is 8.68. The maximum absolute atomic E-state index is 7.04. The lowest BCUT2D eigenvalue weighted by atomic mass is 9.70. The van der Waals surface area contributed by atoms with Crippen LogP contribution in [0.4, 0.5) is 0 Å². The second kappa shape index (κ2) is 7.74. The summed E-state index contributed by atoms with van der Waals surface area (Å²) in [5.74, 6) is 0.829. The van der Waals surface area contributed by atoms with E-state index in [-0.39, 0.29) is 0 Å². The molecule has 2 unspecified atom stereocenters. The average Bonchev–Trinajstić information content (AvgIpc) is 3.74. The smallest absolute Gasteiger partial charge is 0.240 e. The Morgan fingerprint density at radius 1 is 1.08 bits per heavy atom. The highest BCUT2D eigenvalue weighted by molar-refractivity contribution is 7.10. The van der Waals surface area contributed by atoms with Gasteiger partial charge in [-0.25, -0.2) is 15.0 Å². The number of thiazole rings is 1. The molecule has 0 bridgehead atoms. The minimum atomic E-state index is -1.41. The van der Waals surface area contributed by atoms with Crippen molar-refractivity contribution in [2.75, 3.05) is 0 Å². The summed E-state index contributed by atoms with van der Waals surface area (Å²) in [5, 5.41) is 33.3. The molecule has 1 aliphatic rings. The van der Waals surface area contributed by atoms with Gasteiger partial charge < -0.3 is 14.3 Å². The van der Waals surface area contributed by atoms with Gasteiger partial charge in [0.1, 0.15) is 22.7 Å². The van der Waals surface area contributed by atoms with E-state index in [2.05, 4.69) is 61.0 Å². The molecule has 3 N–H and O–H groups in total. The van der Waals surface area contributed by atoms with E-state index in [1.807, 2.05) is 34.5 Å². The molecule has 7 heterocycles. The maximum Gasteiger partial charge on any atom is 0.240 e. The van der Waals surface area contributed by atoms with Gasteiger partial charge in [-0.3, -0.25) is 5.10 Å². The summed E-state index contributed by atoms with van der Waals surface area (Å²) in [6, 6.07) is 5.52. The number of rotatable bonds is 6. The number of aromatic nitrogens is 13. The largest absolute Gasteiger partial charge is 0.467 e. The van der Waals surface area contributed by atoms with Crippen molar-refractivity contribution < 1.29 is 4.74 Å². The highest BCUT2D eigenvalue weighted by Crippen LogP contribution is 2.63. The molecule has 0 spiro atoms. The number of hydrogen-bond donors (Lipinski definition) is 3. The van der Waals surface area contributed by atoms with Gasteiger partial charge in [-0.2, -0.15) is 20.5 Å². The third-order valence-corrected chi connectivity index (χ3v) is 6.93. The fourth-order valence-electron chi connectivity index (χ4n) is 4.87. The van der Waals surface area contributed by atoms with Gasteiger partial charge in [-0.1, -0.05) is 0 Å². The van der Waals surface area contributed by atoms with Gasteiger partial charge in [0, 0.05) is 30.2 Å². The molecule has 6 aromatic rings. The van der Waals surface area contributed by atoms with E-state index in [0.717, 1.165) is 0 Å². The topological polar surface area (TPSA) is 178 Å². The number of nitrogens with one attached hydrogen (secondary N) is 3. The van der Waals surface area contributed by atoms with Gasteiger partial charge in [0.2, 0.25) is 5.60 Å². The summed E-state index contributed by atoms with van der Waals surface area (Å²) in [6.45, 7) is 0. The highest BCUT2D eigenvalue weighted by atomic mass is 32.1. The zero-order chi connectivity index (χ0) is 24.0. The molecule has 176 valence electrons. The van der Waals surface area contributed by atoms with Gasteiger partial charge in [-0.05, 0) is 23.4 Å². The standard InChI is InChI=1S/C21H15N13OS/c1-2-14(23-4-1)21(19-25-11-28-31-19)20(15-10-27-33-30-15,34-8-6-22-12-34)16(18-24-7-9-36-18)17(35-21)13-3-5-26-32-29-13/h1-12,23H,(H,25,28,31)(H,27,30,33).